The SMILES string of the molecule is CCCCCCCCCCCCCCCCCCC(CO)CC(C)=O. The lowest BCUT2D eigenvalue weighted by atomic mass is 9.96. The Morgan fingerprint density at radius 2 is 1.04 bits per heavy atom. The highest BCUT2D eigenvalue weighted by molar-refractivity contribution is 5.75. The first-order valence-corrected chi connectivity index (χ1v) is 11.3. The van der Waals surface area contributed by atoms with E-state index in [1.807, 2.05) is 0 Å². The molecule has 25 heavy (non-hydrogen) atoms. The predicted molar refractivity (Wildman–Crippen MR) is 110 cm³/mol. The summed E-state index contributed by atoms with van der Waals surface area (Å²) in [5, 5.41) is 9.25. The first-order chi connectivity index (χ1) is 12.2. The van der Waals surface area contributed by atoms with E-state index in [-0.39, 0.29) is 18.3 Å². The molecular formula is C23H46O2. The molecule has 0 rings (SSSR count). The van der Waals surface area contributed by atoms with E-state index < -0.39 is 0 Å². The number of rotatable bonds is 20. The second-order valence-electron chi connectivity index (χ2n) is 8.05. The van der Waals surface area contributed by atoms with Gasteiger partial charge in [0.05, 0.1) is 0 Å². The first kappa shape index (κ1) is 24.6. The van der Waals surface area contributed by atoms with Gasteiger partial charge in [0.1, 0.15) is 5.78 Å². The molecule has 0 spiro atoms. The fourth-order valence-electron chi connectivity index (χ4n) is 3.65. The van der Waals surface area contributed by atoms with Crippen LogP contribution in [0.4, 0.5) is 0 Å². The van der Waals surface area contributed by atoms with E-state index in [0.717, 1.165) is 12.8 Å². The van der Waals surface area contributed by atoms with Crippen molar-refractivity contribution in [2.24, 2.45) is 5.92 Å². The number of aliphatic hydroxyl groups is 1. The van der Waals surface area contributed by atoms with Crippen molar-refractivity contribution in [1.29, 1.82) is 0 Å². The standard InChI is InChI=1S/C23H46O2/c1-3-4-5-6-7-8-9-10-11-12-13-14-15-16-17-18-19-23(21-24)20-22(2)25/h23-24H,3-21H2,1-2H3. The molecule has 0 radical (unpaired) electrons. The Morgan fingerprint density at radius 3 is 1.36 bits per heavy atom. The van der Waals surface area contributed by atoms with Crippen molar-refractivity contribution in [3.8, 4) is 0 Å². The molecule has 0 aromatic heterocycles. The van der Waals surface area contributed by atoms with Gasteiger partial charge in [-0.2, -0.15) is 0 Å². The van der Waals surface area contributed by atoms with Crippen molar-refractivity contribution in [3.05, 3.63) is 0 Å². The second kappa shape index (κ2) is 19.9. The van der Waals surface area contributed by atoms with E-state index in [4.69, 9.17) is 0 Å². The summed E-state index contributed by atoms with van der Waals surface area (Å²) in [7, 11) is 0. The molecule has 0 saturated heterocycles. The molecule has 2 heteroatoms. The lowest BCUT2D eigenvalue weighted by Crippen LogP contribution is -2.10. The maximum atomic E-state index is 11.1. The molecule has 1 unspecified atom stereocenters. The Morgan fingerprint density at radius 1 is 0.680 bits per heavy atom. The fraction of sp³-hybridized carbons (Fsp3) is 0.957. The Kier molecular flexibility index (Phi) is 19.7. The molecule has 1 N–H and O–H groups in total. The van der Waals surface area contributed by atoms with Crippen LogP contribution >= 0.6 is 0 Å². The molecule has 0 fully saturated rings. The summed E-state index contributed by atoms with van der Waals surface area (Å²) in [5.74, 6) is 0.402. The maximum absolute atomic E-state index is 11.1. The average molecular weight is 355 g/mol. The Balaban J connectivity index is 3.15. The van der Waals surface area contributed by atoms with Gasteiger partial charge >= 0.3 is 0 Å². The van der Waals surface area contributed by atoms with Gasteiger partial charge in [-0.15, -0.1) is 0 Å². The van der Waals surface area contributed by atoms with Gasteiger partial charge in [0.25, 0.3) is 0 Å². The summed E-state index contributed by atoms with van der Waals surface area (Å²) in [6.07, 6.45) is 23.7. The van der Waals surface area contributed by atoms with Crippen LogP contribution in [0, 0.1) is 5.92 Å². The number of aliphatic hydroxyl groups excluding tert-OH is 1. The summed E-state index contributed by atoms with van der Waals surface area (Å²) in [4.78, 5) is 11.1. The number of Topliss-reactive ketones (excluding diaryl/α,β-unsaturated/α-hetero) is 1. The molecule has 0 saturated carbocycles. The summed E-state index contributed by atoms with van der Waals surface area (Å²) in [6.45, 7) is 4.07. The number of hydrogen-bond acceptors (Lipinski definition) is 2. The third-order valence-corrected chi connectivity index (χ3v) is 5.30. The quantitative estimate of drug-likeness (QED) is 0.234. The van der Waals surface area contributed by atoms with Crippen molar-refractivity contribution in [1.82, 2.24) is 0 Å². The molecule has 0 heterocycles. The Labute approximate surface area is 158 Å². The summed E-state index contributed by atoms with van der Waals surface area (Å²) in [5.41, 5.74) is 0. The van der Waals surface area contributed by atoms with Gasteiger partial charge in [0, 0.05) is 13.0 Å². The van der Waals surface area contributed by atoms with Gasteiger partial charge < -0.3 is 9.90 Å². The molecule has 0 bridgehead atoms. The fourth-order valence-corrected chi connectivity index (χ4v) is 3.65. The van der Waals surface area contributed by atoms with Gasteiger partial charge in [-0.25, -0.2) is 0 Å². The summed E-state index contributed by atoms with van der Waals surface area (Å²) in [6, 6.07) is 0. The molecule has 0 aliphatic carbocycles. The molecule has 0 aromatic rings. The van der Waals surface area contributed by atoms with E-state index in [9.17, 15) is 9.90 Å². The highest BCUT2D eigenvalue weighted by Gasteiger charge is 2.09. The molecule has 150 valence electrons. The molecule has 0 amide bonds. The number of carbonyl (C=O) groups excluding carboxylic acids is 1. The third-order valence-electron chi connectivity index (χ3n) is 5.30. The van der Waals surface area contributed by atoms with Gasteiger partial charge in [-0.3, -0.25) is 0 Å². The minimum Gasteiger partial charge on any atom is -0.396 e. The number of carbonyl (C=O) groups is 1. The van der Waals surface area contributed by atoms with Gasteiger partial charge in [-0.1, -0.05) is 110 Å². The van der Waals surface area contributed by atoms with Crippen molar-refractivity contribution < 1.29 is 9.90 Å². The smallest absolute Gasteiger partial charge is 0.130 e. The van der Waals surface area contributed by atoms with Crippen molar-refractivity contribution >= 4 is 5.78 Å². The molecule has 1 atom stereocenters. The van der Waals surface area contributed by atoms with Crippen LogP contribution in [0.5, 0.6) is 0 Å². The van der Waals surface area contributed by atoms with Crippen LogP contribution in [0.25, 0.3) is 0 Å². The zero-order valence-electron chi connectivity index (χ0n) is 17.4. The molecule has 0 aliphatic rings. The van der Waals surface area contributed by atoms with Crippen LogP contribution in [-0.4, -0.2) is 17.5 Å². The molecule has 0 aromatic carbocycles. The van der Waals surface area contributed by atoms with E-state index in [2.05, 4.69) is 6.92 Å². The third kappa shape index (κ3) is 19.8. The number of hydrogen-bond donors (Lipinski definition) is 1. The van der Waals surface area contributed by atoms with E-state index in [0.29, 0.717) is 6.42 Å². The highest BCUT2D eigenvalue weighted by Crippen LogP contribution is 2.16. The first-order valence-electron chi connectivity index (χ1n) is 11.3. The zero-order chi connectivity index (χ0) is 18.6. The van der Waals surface area contributed by atoms with Crippen molar-refractivity contribution in [3.63, 3.8) is 0 Å². The van der Waals surface area contributed by atoms with E-state index >= 15 is 0 Å². The van der Waals surface area contributed by atoms with Crippen molar-refractivity contribution in [2.45, 2.75) is 129 Å². The monoisotopic (exact) mass is 354 g/mol. The Hall–Kier alpha value is -0.370. The van der Waals surface area contributed by atoms with Crippen LogP contribution in [0.3, 0.4) is 0 Å². The predicted octanol–water partition coefficient (Wildman–Crippen LogP) is 7.23. The number of ketones is 1. The summed E-state index contributed by atoms with van der Waals surface area (Å²) < 4.78 is 0. The largest absolute Gasteiger partial charge is 0.396 e. The maximum Gasteiger partial charge on any atom is 0.130 e. The topological polar surface area (TPSA) is 37.3 Å². The van der Waals surface area contributed by atoms with E-state index in [1.54, 1.807) is 6.92 Å². The van der Waals surface area contributed by atoms with Crippen molar-refractivity contribution in [2.75, 3.05) is 6.61 Å². The normalized spacial score (nSPS) is 12.4. The average Bonchev–Trinajstić information content (AvgIpc) is 2.60. The second-order valence-corrected chi connectivity index (χ2v) is 8.05. The van der Waals surface area contributed by atoms with Gasteiger partial charge in [0.15, 0.2) is 0 Å². The summed E-state index contributed by atoms with van der Waals surface area (Å²) >= 11 is 0. The zero-order valence-corrected chi connectivity index (χ0v) is 17.4. The lowest BCUT2D eigenvalue weighted by Gasteiger charge is -2.11. The van der Waals surface area contributed by atoms with Crippen LogP contribution in [0.15, 0.2) is 0 Å². The molecule has 0 aliphatic heterocycles. The van der Waals surface area contributed by atoms with E-state index in [1.165, 1.54) is 96.3 Å². The van der Waals surface area contributed by atoms with Crippen LogP contribution in [0.2, 0.25) is 0 Å². The van der Waals surface area contributed by atoms with Crippen LogP contribution in [0.1, 0.15) is 129 Å². The highest BCUT2D eigenvalue weighted by atomic mass is 16.3. The Bertz CT molecular complexity index is 275. The van der Waals surface area contributed by atoms with Crippen LogP contribution < -0.4 is 0 Å². The minimum absolute atomic E-state index is 0.165. The molecular weight excluding hydrogens is 308 g/mol. The lowest BCUT2D eigenvalue weighted by molar-refractivity contribution is -0.118. The number of unbranched alkanes of at least 4 members (excludes halogenated alkanes) is 15. The van der Waals surface area contributed by atoms with Gasteiger partial charge in [0.2, 0.25) is 0 Å². The van der Waals surface area contributed by atoms with Gasteiger partial charge in [-0.05, 0) is 19.3 Å². The van der Waals surface area contributed by atoms with Crippen LogP contribution in [-0.2, 0) is 4.79 Å². The minimum atomic E-state index is 0.165. The molecule has 2 nitrogen and oxygen atoms in total.